The molecule has 4 aromatic carbocycles. The predicted molar refractivity (Wildman–Crippen MR) is 147 cm³/mol. The average molecular weight is 537 g/mol. The first kappa shape index (κ1) is 25.9. The molecule has 198 valence electrons. The van der Waals surface area contributed by atoms with Crippen LogP contribution in [-0.2, 0) is 0 Å². The fourth-order valence-electron chi connectivity index (χ4n) is 4.56. The summed E-state index contributed by atoms with van der Waals surface area (Å²) in [6.07, 6.45) is 0. The van der Waals surface area contributed by atoms with Crippen molar-refractivity contribution >= 4 is 45.6 Å². The molecule has 0 heterocycles. The largest absolute Gasteiger partial charge is 0.350 e. The van der Waals surface area contributed by atoms with Crippen molar-refractivity contribution in [3.05, 3.63) is 138 Å². The molecule has 40 heavy (non-hydrogen) atoms. The molecular formula is C28H19N5O7. The first-order valence-electron chi connectivity index (χ1n) is 11.9. The third-order valence-corrected chi connectivity index (χ3v) is 6.56. The summed E-state index contributed by atoms with van der Waals surface area (Å²) in [6, 6.07) is 21.2. The molecule has 0 bridgehead atoms. The number of Topliss-reactive ketones (excluding diaryl/α,β-unsaturated/α-hetero) is 1. The zero-order valence-electron chi connectivity index (χ0n) is 20.8. The summed E-state index contributed by atoms with van der Waals surface area (Å²) >= 11 is 0. The second kappa shape index (κ2) is 10.2. The number of hydrogen-bond acceptors (Lipinski definition) is 9. The molecule has 0 saturated carbocycles. The van der Waals surface area contributed by atoms with Crippen LogP contribution in [0, 0.1) is 37.3 Å². The van der Waals surface area contributed by atoms with Gasteiger partial charge in [0.15, 0.2) is 5.78 Å². The molecule has 1 N–H and O–H groups in total. The summed E-state index contributed by atoms with van der Waals surface area (Å²) in [4.78, 5) is 50.1. The number of non-ortho nitro benzene ring substituents is 2. The van der Waals surface area contributed by atoms with Crippen molar-refractivity contribution in [1.29, 1.82) is 0 Å². The Kier molecular flexibility index (Phi) is 6.58. The SMILES string of the molecule is Cc1ccc(Nc2ccc([N+](=O)[O-])cc2[N+](=O)[O-])cc1N=C1c2ccccc2C(=O)C1c1ccc([N+](=O)[O-])cc1. The highest BCUT2D eigenvalue weighted by molar-refractivity contribution is 6.32. The predicted octanol–water partition coefficient (Wildman–Crippen LogP) is 6.56. The summed E-state index contributed by atoms with van der Waals surface area (Å²) in [5.41, 5.74) is 2.92. The van der Waals surface area contributed by atoms with Gasteiger partial charge in [0.2, 0.25) is 0 Å². The Hall–Kier alpha value is -5.78. The Morgan fingerprint density at radius 1 is 0.750 bits per heavy atom. The average Bonchev–Trinajstić information content (AvgIpc) is 3.21. The molecule has 1 unspecified atom stereocenters. The summed E-state index contributed by atoms with van der Waals surface area (Å²) in [5, 5.41) is 36.7. The highest BCUT2D eigenvalue weighted by atomic mass is 16.6. The Morgan fingerprint density at radius 2 is 1.40 bits per heavy atom. The second-order valence-corrected chi connectivity index (χ2v) is 9.03. The van der Waals surface area contributed by atoms with E-state index in [9.17, 15) is 35.1 Å². The first-order valence-corrected chi connectivity index (χ1v) is 11.9. The minimum Gasteiger partial charge on any atom is -0.350 e. The Labute approximate surface area is 226 Å². The van der Waals surface area contributed by atoms with Crippen LogP contribution in [0.1, 0.15) is 33.0 Å². The number of ketones is 1. The zero-order valence-corrected chi connectivity index (χ0v) is 20.8. The molecule has 12 heteroatoms. The van der Waals surface area contributed by atoms with Crippen LogP contribution < -0.4 is 5.32 Å². The van der Waals surface area contributed by atoms with Gasteiger partial charge in [-0.25, -0.2) is 0 Å². The number of nitro benzene ring substituents is 3. The monoisotopic (exact) mass is 537 g/mol. The fourth-order valence-corrected chi connectivity index (χ4v) is 4.56. The number of hydrogen-bond donors (Lipinski definition) is 1. The molecule has 0 radical (unpaired) electrons. The number of rotatable bonds is 7. The van der Waals surface area contributed by atoms with Crippen LogP contribution in [0.5, 0.6) is 0 Å². The molecule has 5 rings (SSSR count). The van der Waals surface area contributed by atoms with E-state index >= 15 is 0 Å². The van der Waals surface area contributed by atoms with Crippen molar-refractivity contribution in [2.45, 2.75) is 12.8 Å². The van der Waals surface area contributed by atoms with Crippen molar-refractivity contribution in [1.82, 2.24) is 0 Å². The smallest absolute Gasteiger partial charge is 0.299 e. The van der Waals surface area contributed by atoms with E-state index in [-0.39, 0.29) is 17.2 Å². The van der Waals surface area contributed by atoms with E-state index in [1.165, 1.54) is 24.3 Å². The maximum Gasteiger partial charge on any atom is 0.299 e. The third kappa shape index (κ3) is 4.76. The maximum atomic E-state index is 13.4. The van der Waals surface area contributed by atoms with Gasteiger partial charge in [0.25, 0.3) is 17.1 Å². The molecular weight excluding hydrogens is 518 g/mol. The lowest BCUT2D eigenvalue weighted by Gasteiger charge is -2.13. The standard InChI is InChI=1S/C28H19N5O7/c1-16-6-9-18(29-23-13-12-20(32(37)38)15-25(23)33(39)40)14-24(16)30-27-21-4-2-3-5-22(21)28(34)26(27)17-7-10-19(11-8-17)31(35)36/h2-15,26,29H,1H3. The highest BCUT2D eigenvalue weighted by Gasteiger charge is 2.37. The first-order chi connectivity index (χ1) is 19.1. The molecule has 0 fully saturated rings. The van der Waals surface area contributed by atoms with E-state index < -0.39 is 32.1 Å². The normalized spacial score (nSPS) is 15.1. The van der Waals surface area contributed by atoms with Gasteiger partial charge in [0, 0.05) is 35.0 Å². The topological polar surface area (TPSA) is 171 Å². The number of nitrogens with zero attached hydrogens (tertiary/aromatic N) is 4. The van der Waals surface area contributed by atoms with E-state index in [4.69, 9.17) is 4.99 Å². The number of carbonyl (C=O) groups is 1. The van der Waals surface area contributed by atoms with Crippen molar-refractivity contribution < 1.29 is 19.6 Å². The van der Waals surface area contributed by atoms with Crippen LogP contribution in [0.25, 0.3) is 0 Å². The van der Waals surface area contributed by atoms with Crippen LogP contribution in [0.4, 0.5) is 34.1 Å². The van der Waals surface area contributed by atoms with Crippen LogP contribution in [0.3, 0.4) is 0 Å². The number of anilines is 2. The van der Waals surface area contributed by atoms with Gasteiger partial charge in [-0.05, 0) is 36.2 Å². The van der Waals surface area contributed by atoms with E-state index in [1.54, 1.807) is 54.6 Å². The Balaban J connectivity index is 1.57. The van der Waals surface area contributed by atoms with Crippen molar-refractivity contribution in [3.63, 3.8) is 0 Å². The minimum absolute atomic E-state index is 0.0585. The summed E-state index contributed by atoms with van der Waals surface area (Å²) in [5.74, 6) is -0.971. The number of carbonyl (C=O) groups excluding carboxylic acids is 1. The van der Waals surface area contributed by atoms with E-state index in [0.717, 1.165) is 11.6 Å². The fraction of sp³-hybridized carbons (Fsp3) is 0.0714. The van der Waals surface area contributed by atoms with Crippen LogP contribution in [-0.4, -0.2) is 26.3 Å². The van der Waals surface area contributed by atoms with Gasteiger partial charge in [-0.2, -0.15) is 0 Å². The maximum absolute atomic E-state index is 13.4. The third-order valence-electron chi connectivity index (χ3n) is 6.56. The molecule has 1 atom stereocenters. The van der Waals surface area contributed by atoms with Gasteiger partial charge in [-0.15, -0.1) is 0 Å². The van der Waals surface area contributed by atoms with E-state index in [0.29, 0.717) is 33.8 Å². The van der Waals surface area contributed by atoms with E-state index in [2.05, 4.69) is 5.32 Å². The number of nitrogens with one attached hydrogen (secondary N) is 1. The number of nitro groups is 3. The number of fused-ring (bicyclic) bond motifs is 1. The van der Waals surface area contributed by atoms with Gasteiger partial charge in [-0.1, -0.05) is 42.5 Å². The Bertz CT molecular complexity index is 1750. The quantitative estimate of drug-likeness (QED) is 0.204. The van der Waals surface area contributed by atoms with Crippen molar-refractivity contribution in [3.8, 4) is 0 Å². The molecule has 1 aliphatic carbocycles. The molecule has 0 aliphatic heterocycles. The summed E-state index contributed by atoms with van der Waals surface area (Å²) in [7, 11) is 0. The molecule has 0 spiro atoms. The summed E-state index contributed by atoms with van der Waals surface area (Å²) in [6.45, 7) is 1.82. The van der Waals surface area contributed by atoms with Crippen LogP contribution in [0.15, 0.2) is 89.9 Å². The lowest BCUT2D eigenvalue weighted by atomic mass is 9.93. The molecule has 0 aromatic heterocycles. The minimum atomic E-state index is -0.787. The molecule has 0 amide bonds. The van der Waals surface area contributed by atoms with Gasteiger partial charge in [-0.3, -0.25) is 40.1 Å². The molecule has 12 nitrogen and oxygen atoms in total. The van der Waals surface area contributed by atoms with Gasteiger partial charge >= 0.3 is 0 Å². The van der Waals surface area contributed by atoms with Crippen molar-refractivity contribution in [2.75, 3.05) is 5.32 Å². The molecule has 4 aromatic rings. The molecule has 0 saturated heterocycles. The molecule has 1 aliphatic rings. The Morgan fingerprint density at radius 3 is 2.05 bits per heavy atom. The highest BCUT2D eigenvalue weighted by Crippen LogP contribution is 2.38. The van der Waals surface area contributed by atoms with Gasteiger partial charge < -0.3 is 5.32 Å². The second-order valence-electron chi connectivity index (χ2n) is 9.03. The number of benzene rings is 4. The summed E-state index contributed by atoms with van der Waals surface area (Å²) < 4.78 is 0. The van der Waals surface area contributed by atoms with Crippen LogP contribution >= 0.6 is 0 Å². The lowest BCUT2D eigenvalue weighted by Crippen LogP contribution is -2.14. The zero-order chi connectivity index (χ0) is 28.6. The van der Waals surface area contributed by atoms with Gasteiger partial charge in [0.1, 0.15) is 5.69 Å². The lowest BCUT2D eigenvalue weighted by molar-refractivity contribution is -0.393. The number of aliphatic imine (C=N–C) groups is 1. The van der Waals surface area contributed by atoms with Crippen LogP contribution in [0.2, 0.25) is 0 Å². The number of aryl methyl sites for hydroxylation is 1. The van der Waals surface area contributed by atoms with E-state index in [1.807, 2.05) is 6.92 Å². The van der Waals surface area contributed by atoms with Gasteiger partial charge in [0.05, 0.1) is 38.2 Å². The van der Waals surface area contributed by atoms with Crippen molar-refractivity contribution in [2.24, 2.45) is 4.99 Å².